The van der Waals surface area contributed by atoms with Crippen molar-refractivity contribution >= 4 is 11.6 Å². The van der Waals surface area contributed by atoms with Crippen molar-refractivity contribution in [2.45, 2.75) is 93.7 Å². The third-order valence-electron chi connectivity index (χ3n) is 11.5. The van der Waals surface area contributed by atoms with Gasteiger partial charge >= 0.3 is 0 Å². The van der Waals surface area contributed by atoms with Crippen LogP contribution in [0.3, 0.4) is 0 Å². The van der Waals surface area contributed by atoms with Crippen LogP contribution in [0.1, 0.15) is 94.3 Å². The molecular weight excluding hydrogens is 521 g/mol. The molecule has 0 spiro atoms. The van der Waals surface area contributed by atoms with Gasteiger partial charge in [-0.15, -0.1) is 0 Å². The minimum Gasteiger partial charge on any atom is -0.377 e. The standard InChI is InChI=1S/C32H36FN5O3/c33-32-17-31(18-32,19-32)28(39)37(24-3-1-2-22(12-24)23-13-34-38(14-23)25-15-40-16-25)20-29-6-9-30(10-7-29,11-8-29)27-35-26(36-41-27)21-4-5-21/h1-3,12-14,21,25H,4-11,15-20H2. The largest absolute Gasteiger partial charge is 0.377 e. The lowest BCUT2D eigenvalue weighted by Crippen LogP contribution is -2.71. The maximum absolute atomic E-state index is 14.6. The Labute approximate surface area is 238 Å². The van der Waals surface area contributed by atoms with Gasteiger partial charge in [0, 0.05) is 35.3 Å². The average molecular weight is 558 g/mol. The van der Waals surface area contributed by atoms with Crippen molar-refractivity contribution in [2.24, 2.45) is 10.8 Å². The highest BCUT2D eigenvalue weighted by Gasteiger charge is 2.73. The van der Waals surface area contributed by atoms with Crippen LogP contribution < -0.4 is 4.90 Å². The zero-order valence-electron chi connectivity index (χ0n) is 23.4. The third-order valence-corrected chi connectivity index (χ3v) is 11.5. The van der Waals surface area contributed by atoms with Crippen LogP contribution in [0, 0.1) is 10.8 Å². The summed E-state index contributed by atoms with van der Waals surface area (Å²) < 4.78 is 27.7. The first kappa shape index (κ1) is 24.5. The van der Waals surface area contributed by atoms with Gasteiger partial charge in [-0.25, -0.2) is 4.39 Å². The van der Waals surface area contributed by atoms with Gasteiger partial charge in [0.05, 0.1) is 30.9 Å². The molecule has 214 valence electrons. The first-order valence-electron chi connectivity index (χ1n) is 15.4. The zero-order valence-corrected chi connectivity index (χ0v) is 23.4. The number of halogens is 1. The van der Waals surface area contributed by atoms with Crippen molar-refractivity contribution in [3.63, 3.8) is 0 Å². The van der Waals surface area contributed by atoms with Crippen LogP contribution in [-0.4, -0.2) is 51.3 Å². The Morgan fingerprint density at radius 1 is 1.05 bits per heavy atom. The van der Waals surface area contributed by atoms with Crippen LogP contribution in [0.5, 0.6) is 0 Å². The molecule has 11 rings (SSSR count). The maximum Gasteiger partial charge on any atom is 0.233 e. The molecule has 7 saturated carbocycles. The van der Waals surface area contributed by atoms with Crippen LogP contribution in [0.15, 0.2) is 41.2 Å². The Morgan fingerprint density at radius 3 is 2.46 bits per heavy atom. The Kier molecular flexibility index (Phi) is 4.95. The molecule has 7 aliphatic carbocycles. The zero-order chi connectivity index (χ0) is 27.5. The summed E-state index contributed by atoms with van der Waals surface area (Å²) in [7, 11) is 0. The molecule has 0 radical (unpaired) electrons. The van der Waals surface area contributed by atoms with Gasteiger partial charge in [-0.3, -0.25) is 9.48 Å². The maximum atomic E-state index is 14.6. The molecule has 8 fully saturated rings. The van der Waals surface area contributed by atoms with Gasteiger partial charge in [-0.05, 0) is 93.7 Å². The van der Waals surface area contributed by atoms with Crippen LogP contribution in [0.4, 0.5) is 10.1 Å². The molecule has 41 heavy (non-hydrogen) atoms. The van der Waals surface area contributed by atoms with E-state index >= 15 is 0 Å². The van der Waals surface area contributed by atoms with Crippen LogP contribution in [0.2, 0.25) is 0 Å². The summed E-state index contributed by atoms with van der Waals surface area (Å²) in [6, 6.07) is 8.57. The van der Waals surface area contributed by atoms with Crippen LogP contribution in [-0.2, 0) is 14.9 Å². The van der Waals surface area contributed by atoms with Crippen molar-refractivity contribution in [1.82, 2.24) is 19.9 Å². The molecule has 9 heteroatoms. The van der Waals surface area contributed by atoms with E-state index in [2.05, 4.69) is 28.6 Å². The fourth-order valence-corrected chi connectivity index (χ4v) is 8.49. The molecule has 8 nitrogen and oxygen atoms in total. The van der Waals surface area contributed by atoms with Gasteiger partial charge in [0.25, 0.3) is 0 Å². The summed E-state index contributed by atoms with van der Waals surface area (Å²) in [6.45, 7) is 2.07. The fraction of sp³-hybridized carbons (Fsp3) is 0.625. The van der Waals surface area contributed by atoms with Gasteiger partial charge in [0.1, 0.15) is 5.67 Å². The lowest BCUT2D eigenvalue weighted by atomic mass is 9.41. The summed E-state index contributed by atoms with van der Waals surface area (Å²) in [4.78, 5) is 21.1. The van der Waals surface area contributed by atoms with Crippen LogP contribution >= 0.6 is 0 Å². The number of benzene rings is 1. The number of aromatic nitrogens is 4. The molecule has 3 aromatic rings. The Bertz CT molecular complexity index is 1490. The highest BCUT2D eigenvalue weighted by molar-refractivity contribution is 6.00. The molecule has 4 bridgehead atoms. The smallest absolute Gasteiger partial charge is 0.233 e. The predicted octanol–water partition coefficient (Wildman–Crippen LogP) is 5.90. The fourth-order valence-electron chi connectivity index (χ4n) is 8.49. The van der Waals surface area contributed by atoms with E-state index in [0.29, 0.717) is 51.0 Å². The molecular formula is C32H36FN5O3. The highest BCUT2D eigenvalue weighted by Crippen LogP contribution is 2.70. The van der Waals surface area contributed by atoms with Gasteiger partial charge in [0.2, 0.25) is 11.8 Å². The Hall–Kier alpha value is -3.07. The summed E-state index contributed by atoms with van der Waals surface area (Å²) in [5.41, 5.74) is 1.38. The molecule has 2 aromatic heterocycles. The van der Waals surface area contributed by atoms with E-state index in [-0.39, 0.29) is 16.7 Å². The van der Waals surface area contributed by atoms with E-state index in [1.54, 1.807) is 0 Å². The number of carbonyl (C=O) groups is 1. The number of alkyl halides is 1. The normalized spacial score (nSPS) is 35.4. The van der Waals surface area contributed by atoms with E-state index in [1.165, 1.54) is 12.8 Å². The quantitative estimate of drug-likeness (QED) is 0.343. The van der Waals surface area contributed by atoms with E-state index < -0.39 is 11.1 Å². The number of ether oxygens (including phenoxy) is 1. The van der Waals surface area contributed by atoms with E-state index in [0.717, 1.165) is 67.1 Å². The second-order valence-corrected chi connectivity index (χ2v) is 14.3. The molecule has 0 atom stereocenters. The first-order chi connectivity index (χ1) is 19.9. The van der Waals surface area contributed by atoms with Gasteiger partial charge in [-0.2, -0.15) is 10.1 Å². The lowest BCUT2D eigenvalue weighted by molar-refractivity contribution is -0.211. The molecule has 0 unspecified atom stereocenters. The van der Waals surface area contributed by atoms with Gasteiger partial charge < -0.3 is 14.2 Å². The SMILES string of the molecule is O=C(N(CC12CCC(c3nc(C4CC4)no3)(CC1)CC2)c1cccc(-c2cnn(C3COC3)c2)c1)C12CC(F)(C1)C2. The van der Waals surface area contributed by atoms with Crippen LogP contribution in [0.25, 0.3) is 11.1 Å². The summed E-state index contributed by atoms with van der Waals surface area (Å²) in [5, 5.41) is 8.88. The monoisotopic (exact) mass is 557 g/mol. The predicted molar refractivity (Wildman–Crippen MR) is 148 cm³/mol. The number of nitrogens with zero attached hydrogens (tertiary/aromatic N) is 5. The Morgan fingerprint density at radius 2 is 1.80 bits per heavy atom. The number of fused-ring (bicyclic) bond motifs is 3. The number of carbonyl (C=O) groups excluding carboxylic acids is 1. The highest BCUT2D eigenvalue weighted by atomic mass is 19.1. The first-order valence-corrected chi connectivity index (χ1v) is 15.4. The van der Waals surface area contributed by atoms with E-state index in [4.69, 9.17) is 14.2 Å². The number of rotatable bonds is 8. The minimum absolute atomic E-state index is 0.0171. The van der Waals surface area contributed by atoms with E-state index in [1.807, 2.05) is 27.9 Å². The van der Waals surface area contributed by atoms with E-state index in [9.17, 15) is 9.18 Å². The third kappa shape index (κ3) is 3.73. The van der Waals surface area contributed by atoms with Gasteiger partial charge in [0.15, 0.2) is 5.82 Å². The Balaban J connectivity index is 0.992. The van der Waals surface area contributed by atoms with Crippen molar-refractivity contribution in [2.75, 3.05) is 24.7 Å². The van der Waals surface area contributed by atoms with Crippen molar-refractivity contribution in [3.8, 4) is 11.1 Å². The number of amides is 1. The summed E-state index contributed by atoms with van der Waals surface area (Å²) in [5.74, 6) is 2.33. The average Bonchev–Trinajstić information content (AvgIpc) is 3.45. The second-order valence-electron chi connectivity index (χ2n) is 14.3. The molecule has 0 N–H and O–H groups in total. The number of hydrogen-bond donors (Lipinski definition) is 0. The summed E-state index contributed by atoms with van der Waals surface area (Å²) in [6.07, 6.45) is 13.6. The topological polar surface area (TPSA) is 86.3 Å². The molecule has 8 aliphatic rings. The molecule has 1 saturated heterocycles. The van der Waals surface area contributed by atoms with Gasteiger partial charge in [-0.1, -0.05) is 17.3 Å². The molecule has 3 heterocycles. The van der Waals surface area contributed by atoms with Crippen molar-refractivity contribution in [1.29, 1.82) is 0 Å². The van der Waals surface area contributed by atoms with Crippen molar-refractivity contribution in [3.05, 3.63) is 48.4 Å². The molecule has 1 aliphatic heterocycles. The second kappa shape index (κ2) is 8.27. The minimum atomic E-state index is -1.11. The van der Waals surface area contributed by atoms with Crippen molar-refractivity contribution < 1.29 is 18.4 Å². The number of hydrogen-bond acceptors (Lipinski definition) is 6. The number of anilines is 1. The lowest BCUT2D eigenvalue weighted by Gasteiger charge is -2.65. The molecule has 1 amide bonds. The summed E-state index contributed by atoms with van der Waals surface area (Å²) >= 11 is 0. The molecule has 1 aromatic carbocycles.